The van der Waals surface area contributed by atoms with Crippen LogP contribution in [0.5, 0.6) is 0 Å². The van der Waals surface area contributed by atoms with Crippen LogP contribution in [0.15, 0.2) is 100 Å². The van der Waals surface area contributed by atoms with Crippen molar-refractivity contribution in [2.75, 3.05) is 19.0 Å². The molecule has 0 unspecified atom stereocenters. The summed E-state index contributed by atoms with van der Waals surface area (Å²) in [7, 11) is -0.752. The fourth-order valence-corrected chi connectivity index (χ4v) is 6.62. The first-order valence-electron chi connectivity index (χ1n) is 14.2. The minimum atomic E-state index is -4.73. The van der Waals surface area contributed by atoms with Gasteiger partial charge < -0.3 is 14.4 Å². The van der Waals surface area contributed by atoms with E-state index in [1.165, 1.54) is 6.20 Å². The summed E-state index contributed by atoms with van der Waals surface area (Å²) >= 11 is 0. The van der Waals surface area contributed by atoms with Crippen LogP contribution >= 0.6 is 0 Å². The number of rotatable bonds is 10. The maximum absolute atomic E-state index is 14.3. The number of nitrogens with zero attached hydrogens (tertiary/aromatic N) is 3. The van der Waals surface area contributed by atoms with E-state index in [4.69, 9.17) is 4.42 Å². The van der Waals surface area contributed by atoms with Gasteiger partial charge in [0.25, 0.3) is 0 Å². The Bertz CT molecular complexity index is 2000. The minimum absolute atomic E-state index is 0.0919. The Morgan fingerprint density at radius 2 is 1.54 bits per heavy atom. The van der Waals surface area contributed by atoms with Crippen molar-refractivity contribution in [3.63, 3.8) is 0 Å². The van der Waals surface area contributed by atoms with Crippen molar-refractivity contribution in [3.05, 3.63) is 114 Å². The summed E-state index contributed by atoms with van der Waals surface area (Å²) in [5.74, 6) is -1.79. The molecule has 2 aromatic heterocycles. The third-order valence-electron chi connectivity index (χ3n) is 7.82. The van der Waals surface area contributed by atoms with E-state index in [-0.39, 0.29) is 17.2 Å². The van der Waals surface area contributed by atoms with E-state index < -0.39 is 39.9 Å². The Balaban J connectivity index is 1.53. The number of halogens is 3. The lowest BCUT2D eigenvalue weighted by molar-refractivity contribution is -0.153. The molecule has 1 N–H and O–H groups in total. The number of aromatic nitrogens is 1. The number of benzene rings is 3. The van der Waals surface area contributed by atoms with Gasteiger partial charge in [-0.05, 0) is 48.2 Å². The molecule has 3 aromatic carbocycles. The number of furan rings is 1. The summed E-state index contributed by atoms with van der Waals surface area (Å²) in [6, 6.07) is 23.0. The first-order valence-corrected chi connectivity index (χ1v) is 15.7. The van der Waals surface area contributed by atoms with Gasteiger partial charge in [-0.2, -0.15) is 17.5 Å². The molecule has 0 saturated carbocycles. The predicted molar refractivity (Wildman–Crippen MR) is 169 cm³/mol. The Labute approximate surface area is 264 Å². The van der Waals surface area contributed by atoms with Gasteiger partial charge in [0.1, 0.15) is 16.5 Å². The third kappa shape index (κ3) is 6.49. The van der Waals surface area contributed by atoms with E-state index >= 15 is 0 Å². The van der Waals surface area contributed by atoms with E-state index in [0.717, 1.165) is 27.6 Å². The molecule has 8 nitrogen and oxygen atoms in total. The van der Waals surface area contributed by atoms with E-state index in [2.05, 4.69) is 4.98 Å². The zero-order chi connectivity index (χ0) is 33.4. The number of sulfonamides is 1. The lowest BCUT2D eigenvalue weighted by Crippen LogP contribution is -2.30. The number of aliphatic carboxylic acids is 1. The SMILES string of the molecule is CN(C)c1ncc(S(=O)(=O)N(Cc2ccc(-c3cccc(C(C)(C)C(=O)O)c3)cc2)Cc2ccc(C(F)(F)F)o2)c2ccccc12. The van der Waals surface area contributed by atoms with Crippen molar-refractivity contribution in [3.8, 4) is 11.1 Å². The summed E-state index contributed by atoms with van der Waals surface area (Å²) in [5.41, 5.74) is 1.64. The highest BCUT2D eigenvalue weighted by Gasteiger charge is 2.36. The second-order valence-electron chi connectivity index (χ2n) is 11.6. The monoisotopic (exact) mass is 651 g/mol. The van der Waals surface area contributed by atoms with Crippen LogP contribution in [-0.4, -0.2) is 42.9 Å². The highest BCUT2D eigenvalue weighted by Crippen LogP contribution is 2.35. The molecule has 0 spiro atoms. The minimum Gasteiger partial charge on any atom is -0.481 e. The number of alkyl halides is 3. The van der Waals surface area contributed by atoms with Crippen LogP contribution in [0.25, 0.3) is 21.9 Å². The lowest BCUT2D eigenvalue weighted by atomic mass is 9.83. The summed E-state index contributed by atoms with van der Waals surface area (Å²) in [6.45, 7) is 2.60. The van der Waals surface area contributed by atoms with Crippen LogP contribution in [0.2, 0.25) is 0 Å². The Kier molecular flexibility index (Phi) is 8.71. The van der Waals surface area contributed by atoms with Crippen molar-refractivity contribution < 1.29 is 35.9 Å². The molecule has 5 aromatic rings. The van der Waals surface area contributed by atoms with Crippen LogP contribution in [0, 0.1) is 0 Å². The van der Waals surface area contributed by atoms with E-state index in [1.807, 2.05) is 6.07 Å². The first kappa shape index (κ1) is 32.7. The van der Waals surface area contributed by atoms with Crippen molar-refractivity contribution in [1.29, 1.82) is 0 Å². The quantitative estimate of drug-likeness (QED) is 0.169. The number of carbonyl (C=O) groups is 1. The Morgan fingerprint density at radius 1 is 0.870 bits per heavy atom. The Morgan fingerprint density at radius 3 is 2.15 bits per heavy atom. The average molecular weight is 652 g/mol. The lowest BCUT2D eigenvalue weighted by Gasteiger charge is -2.23. The molecule has 0 atom stereocenters. The number of hydrogen-bond acceptors (Lipinski definition) is 6. The van der Waals surface area contributed by atoms with Gasteiger partial charge in [-0.3, -0.25) is 4.79 Å². The van der Waals surface area contributed by atoms with E-state index in [0.29, 0.717) is 27.7 Å². The van der Waals surface area contributed by atoms with Gasteiger partial charge in [0, 0.05) is 37.6 Å². The molecule has 12 heteroatoms. The molecule has 2 heterocycles. The summed E-state index contributed by atoms with van der Waals surface area (Å²) in [4.78, 5) is 17.8. The maximum atomic E-state index is 14.3. The molecular weight excluding hydrogens is 619 g/mol. The first-order chi connectivity index (χ1) is 21.6. The highest BCUT2D eigenvalue weighted by molar-refractivity contribution is 7.89. The fraction of sp³-hybridized carbons (Fsp3) is 0.235. The van der Waals surface area contributed by atoms with E-state index in [9.17, 15) is 31.5 Å². The molecule has 0 amide bonds. The van der Waals surface area contributed by atoms with Gasteiger partial charge in [0.05, 0.1) is 12.0 Å². The number of carboxylic acids is 1. The third-order valence-corrected chi connectivity index (χ3v) is 9.64. The topological polar surface area (TPSA) is 104 Å². The van der Waals surface area contributed by atoms with Gasteiger partial charge in [-0.1, -0.05) is 72.8 Å². The summed E-state index contributed by atoms with van der Waals surface area (Å²) in [5, 5.41) is 10.7. The second kappa shape index (κ2) is 12.3. The molecule has 0 fully saturated rings. The smallest absolute Gasteiger partial charge is 0.449 e. The van der Waals surface area contributed by atoms with Crippen LogP contribution in [0.3, 0.4) is 0 Å². The van der Waals surface area contributed by atoms with Gasteiger partial charge in [0.2, 0.25) is 15.8 Å². The predicted octanol–water partition coefficient (Wildman–Crippen LogP) is 7.33. The number of carboxylic acid groups (broad SMARTS) is 1. The highest BCUT2D eigenvalue weighted by atomic mass is 32.2. The van der Waals surface area contributed by atoms with Crippen LogP contribution in [-0.2, 0) is 39.5 Å². The normalized spacial score (nSPS) is 12.5. The van der Waals surface area contributed by atoms with Gasteiger partial charge in [0.15, 0.2) is 0 Å². The molecule has 0 bridgehead atoms. The molecule has 240 valence electrons. The zero-order valence-corrected chi connectivity index (χ0v) is 26.4. The molecule has 46 heavy (non-hydrogen) atoms. The Hall–Kier alpha value is -4.68. The number of hydrogen-bond donors (Lipinski definition) is 1. The maximum Gasteiger partial charge on any atom is 0.449 e. The van der Waals surface area contributed by atoms with Crippen molar-refractivity contribution in [2.45, 2.75) is 43.4 Å². The number of pyridine rings is 1. The molecule has 5 rings (SSSR count). The number of anilines is 1. The van der Waals surface area contributed by atoms with Crippen molar-refractivity contribution in [1.82, 2.24) is 9.29 Å². The molecule has 0 aliphatic rings. The molecule has 0 aliphatic carbocycles. The molecule has 0 radical (unpaired) electrons. The largest absolute Gasteiger partial charge is 0.481 e. The summed E-state index contributed by atoms with van der Waals surface area (Å²) < 4.78 is 74.5. The second-order valence-corrected chi connectivity index (χ2v) is 13.5. The van der Waals surface area contributed by atoms with Crippen molar-refractivity contribution in [2.24, 2.45) is 0 Å². The zero-order valence-electron chi connectivity index (χ0n) is 25.5. The molecule has 0 saturated heterocycles. The van der Waals surface area contributed by atoms with Crippen LogP contribution < -0.4 is 4.90 Å². The van der Waals surface area contributed by atoms with Crippen molar-refractivity contribution >= 4 is 32.6 Å². The van der Waals surface area contributed by atoms with Crippen LogP contribution in [0.1, 0.15) is 36.5 Å². The van der Waals surface area contributed by atoms with Crippen LogP contribution in [0.4, 0.5) is 19.0 Å². The van der Waals surface area contributed by atoms with Gasteiger partial charge in [-0.15, -0.1) is 0 Å². The van der Waals surface area contributed by atoms with Gasteiger partial charge in [-0.25, -0.2) is 13.4 Å². The van der Waals surface area contributed by atoms with E-state index in [1.54, 1.807) is 99.6 Å². The van der Waals surface area contributed by atoms with Gasteiger partial charge >= 0.3 is 12.1 Å². The average Bonchev–Trinajstić information content (AvgIpc) is 3.50. The molecule has 0 aliphatic heterocycles. The molecular formula is C34H32F3N3O5S. The standard InChI is InChI=1S/C34H32F3N3O5S/c1-33(2,32(41)42)25-9-7-8-24(18-25)23-14-12-22(13-15-23)20-40(21-26-16-17-30(45-26)34(35,36)37)46(43,44)29-19-38-31(39(3)4)28-11-6-5-10-27(28)29/h5-19H,20-21H2,1-4H3,(H,41,42). The number of fused-ring (bicyclic) bond motifs is 1. The summed E-state index contributed by atoms with van der Waals surface area (Å²) in [6.07, 6.45) is -3.46. The fourth-order valence-electron chi connectivity index (χ4n) is 5.08.